The Balaban J connectivity index is 1.70. The van der Waals surface area contributed by atoms with Gasteiger partial charge < -0.3 is 5.32 Å². The van der Waals surface area contributed by atoms with Crippen molar-refractivity contribution in [1.82, 2.24) is 5.32 Å². The van der Waals surface area contributed by atoms with Crippen molar-refractivity contribution in [2.45, 2.75) is 45.1 Å². The van der Waals surface area contributed by atoms with Gasteiger partial charge in [0.2, 0.25) is 5.91 Å². The van der Waals surface area contributed by atoms with Gasteiger partial charge in [0, 0.05) is 6.04 Å². The second-order valence-corrected chi connectivity index (χ2v) is 5.97. The molecular formula is C14H21NO. The van der Waals surface area contributed by atoms with Gasteiger partial charge in [0.1, 0.15) is 0 Å². The summed E-state index contributed by atoms with van der Waals surface area (Å²) in [5.41, 5.74) is 0. The minimum atomic E-state index is 0.111. The summed E-state index contributed by atoms with van der Waals surface area (Å²) in [4.78, 5) is 11.6. The lowest BCUT2D eigenvalue weighted by atomic mass is 9.54. The molecule has 4 aliphatic rings. The summed E-state index contributed by atoms with van der Waals surface area (Å²) in [6.45, 7) is 1.90. The molecular weight excluding hydrogens is 198 g/mol. The van der Waals surface area contributed by atoms with Crippen molar-refractivity contribution in [2.75, 3.05) is 0 Å². The fraction of sp³-hybridized carbons (Fsp3) is 0.786. The molecule has 4 rings (SSSR count). The fourth-order valence-electron chi connectivity index (χ4n) is 4.52. The maximum atomic E-state index is 11.6. The molecule has 0 heterocycles. The number of carbonyl (C=O) groups excluding carboxylic acids is 1. The summed E-state index contributed by atoms with van der Waals surface area (Å²) in [6, 6.07) is 0.483. The van der Waals surface area contributed by atoms with E-state index in [0.717, 1.165) is 23.7 Å². The lowest BCUT2D eigenvalue weighted by Gasteiger charge is -2.54. The van der Waals surface area contributed by atoms with Crippen LogP contribution in [-0.2, 0) is 4.79 Å². The van der Waals surface area contributed by atoms with Gasteiger partial charge in [-0.25, -0.2) is 0 Å². The van der Waals surface area contributed by atoms with Crippen molar-refractivity contribution in [3.8, 4) is 0 Å². The molecule has 4 bridgehead atoms. The Kier molecular flexibility index (Phi) is 2.53. The predicted molar refractivity (Wildman–Crippen MR) is 63.8 cm³/mol. The van der Waals surface area contributed by atoms with E-state index in [0.29, 0.717) is 6.04 Å². The fourth-order valence-corrected chi connectivity index (χ4v) is 4.52. The zero-order chi connectivity index (χ0) is 11.1. The molecule has 0 spiro atoms. The first-order valence-electron chi connectivity index (χ1n) is 6.69. The lowest BCUT2D eigenvalue weighted by Crippen LogP contribution is -2.55. The summed E-state index contributed by atoms with van der Waals surface area (Å²) < 4.78 is 0. The standard InChI is InChI=1S/C14H21NO/c1-2-3-13(16)15-14-11-5-9-4-10(7-11)8-12(14)6-9/h2-3,9-12,14H,4-8H2,1H3,(H,15,16). The first kappa shape index (κ1) is 10.4. The number of carbonyl (C=O) groups is 1. The van der Waals surface area contributed by atoms with Gasteiger partial charge in [0.25, 0.3) is 0 Å². The van der Waals surface area contributed by atoms with Gasteiger partial charge in [-0.05, 0) is 68.8 Å². The van der Waals surface area contributed by atoms with E-state index in [-0.39, 0.29) is 5.91 Å². The van der Waals surface area contributed by atoms with Crippen molar-refractivity contribution in [3.63, 3.8) is 0 Å². The van der Waals surface area contributed by atoms with Crippen molar-refractivity contribution < 1.29 is 4.79 Å². The van der Waals surface area contributed by atoms with Gasteiger partial charge in [0.05, 0.1) is 0 Å². The van der Waals surface area contributed by atoms with Crippen LogP contribution in [-0.4, -0.2) is 11.9 Å². The van der Waals surface area contributed by atoms with Crippen molar-refractivity contribution in [3.05, 3.63) is 12.2 Å². The van der Waals surface area contributed by atoms with Crippen LogP contribution in [0.5, 0.6) is 0 Å². The van der Waals surface area contributed by atoms with E-state index < -0.39 is 0 Å². The normalized spacial score (nSPS) is 45.2. The van der Waals surface area contributed by atoms with Crippen LogP contribution in [0.15, 0.2) is 12.2 Å². The number of nitrogens with one attached hydrogen (secondary N) is 1. The topological polar surface area (TPSA) is 29.1 Å². The third-order valence-electron chi connectivity index (χ3n) is 4.85. The molecule has 4 fully saturated rings. The minimum Gasteiger partial charge on any atom is -0.349 e. The number of hydrogen-bond donors (Lipinski definition) is 1. The lowest BCUT2D eigenvalue weighted by molar-refractivity contribution is -0.120. The van der Waals surface area contributed by atoms with E-state index in [1.807, 2.05) is 13.0 Å². The number of hydrogen-bond acceptors (Lipinski definition) is 1. The third-order valence-corrected chi connectivity index (χ3v) is 4.85. The highest BCUT2D eigenvalue weighted by Crippen LogP contribution is 2.53. The van der Waals surface area contributed by atoms with Crippen LogP contribution >= 0.6 is 0 Å². The molecule has 0 saturated heterocycles. The molecule has 0 aromatic carbocycles. The van der Waals surface area contributed by atoms with Crippen LogP contribution in [0.1, 0.15) is 39.0 Å². The Bertz CT molecular complexity index is 293. The zero-order valence-corrected chi connectivity index (χ0v) is 9.99. The van der Waals surface area contributed by atoms with Gasteiger partial charge in [-0.1, -0.05) is 6.08 Å². The average molecular weight is 219 g/mol. The molecule has 2 heteroatoms. The SMILES string of the molecule is CC=CC(=O)NC1C2CC3CC(C2)CC1C3. The van der Waals surface area contributed by atoms with Crippen molar-refractivity contribution in [2.24, 2.45) is 23.7 Å². The van der Waals surface area contributed by atoms with Gasteiger partial charge in [-0.2, -0.15) is 0 Å². The van der Waals surface area contributed by atoms with Gasteiger partial charge in [-0.15, -0.1) is 0 Å². The Morgan fingerprint density at radius 3 is 2.12 bits per heavy atom. The largest absolute Gasteiger partial charge is 0.349 e. The number of rotatable bonds is 2. The number of amides is 1. The molecule has 0 atom stereocenters. The molecule has 16 heavy (non-hydrogen) atoms. The van der Waals surface area contributed by atoms with Gasteiger partial charge >= 0.3 is 0 Å². The third kappa shape index (κ3) is 1.68. The zero-order valence-electron chi connectivity index (χ0n) is 9.99. The maximum Gasteiger partial charge on any atom is 0.243 e. The molecule has 88 valence electrons. The van der Waals surface area contributed by atoms with Crippen LogP contribution in [0.2, 0.25) is 0 Å². The van der Waals surface area contributed by atoms with Crippen LogP contribution in [0, 0.1) is 23.7 Å². The van der Waals surface area contributed by atoms with Crippen LogP contribution in [0.25, 0.3) is 0 Å². The predicted octanol–water partition coefficient (Wildman–Crippen LogP) is 2.50. The van der Waals surface area contributed by atoms with E-state index in [1.54, 1.807) is 6.08 Å². The molecule has 0 aromatic heterocycles. The molecule has 0 radical (unpaired) electrons. The molecule has 4 aliphatic carbocycles. The van der Waals surface area contributed by atoms with Crippen molar-refractivity contribution >= 4 is 5.91 Å². The molecule has 0 unspecified atom stereocenters. The van der Waals surface area contributed by atoms with E-state index in [2.05, 4.69) is 5.32 Å². The van der Waals surface area contributed by atoms with Gasteiger partial charge in [-0.3, -0.25) is 4.79 Å². The molecule has 1 amide bonds. The summed E-state index contributed by atoms with van der Waals surface area (Å²) >= 11 is 0. The smallest absolute Gasteiger partial charge is 0.243 e. The van der Waals surface area contributed by atoms with E-state index in [1.165, 1.54) is 32.1 Å². The number of allylic oxidation sites excluding steroid dienone is 1. The van der Waals surface area contributed by atoms with E-state index in [4.69, 9.17) is 0 Å². The molecule has 2 nitrogen and oxygen atoms in total. The Morgan fingerprint density at radius 1 is 1.06 bits per heavy atom. The molecule has 1 N–H and O–H groups in total. The second kappa shape index (κ2) is 3.90. The van der Waals surface area contributed by atoms with Gasteiger partial charge in [0.15, 0.2) is 0 Å². The second-order valence-electron chi connectivity index (χ2n) is 5.97. The molecule has 0 aromatic rings. The van der Waals surface area contributed by atoms with Crippen molar-refractivity contribution in [1.29, 1.82) is 0 Å². The van der Waals surface area contributed by atoms with E-state index in [9.17, 15) is 4.79 Å². The summed E-state index contributed by atoms with van der Waals surface area (Å²) in [5.74, 6) is 3.64. The summed E-state index contributed by atoms with van der Waals surface area (Å²) in [7, 11) is 0. The van der Waals surface area contributed by atoms with E-state index >= 15 is 0 Å². The highest BCUT2D eigenvalue weighted by atomic mass is 16.1. The summed E-state index contributed by atoms with van der Waals surface area (Å²) in [6.07, 6.45) is 10.4. The Hall–Kier alpha value is -0.790. The first-order valence-corrected chi connectivity index (χ1v) is 6.69. The van der Waals surface area contributed by atoms with Crippen LogP contribution in [0.4, 0.5) is 0 Å². The highest BCUT2D eigenvalue weighted by molar-refractivity contribution is 5.87. The monoisotopic (exact) mass is 219 g/mol. The molecule has 0 aliphatic heterocycles. The minimum absolute atomic E-state index is 0.111. The quantitative estimate of drug-likeness (QED) is 0.710. The molecule has 4 saturated carbocycles. The Morgan fingerprint density at radius 2 is 1.62 bits per heavy atom. The first-order chi connectivity index (χ1) is 7.76. The van der Waals surface area contributed by atoms with Crippen LogP contribution < -0.4 is 5.32 Å². The summed E-state index contributed by atoms with van der Waals surface area (Å²) in [5, 5.41) is 3.24. The average Bonchev–Trinajstić information content (AvgIpc) is 2.23. The highest BCUT2D eigenvalue weighted by Gasteiger charge is 2.48. The van der Waals surface area contributed by atoms with Crippen LogP contribution in [0.3, 0.4) is 0 Å². The Labute approximate surface area is 97.5 Å². The maximum absolute atomic E-state index is 11.6.